The van der Waals surface area contributed by atoms with Gasteiger partial charge in [0.05, 0.1) is 25.4 Å². The second-order valence-electron chi connectivity index (χ2n) is 20.7. The Kier molecular flexibility index (Phi) is 56.0. The number of amides is 1. The van der Waals surface area contributed by atoms with Gasteiger partial charge in [-0.2, -0.15) is 0 Å². The van der Waals surface area contributed by atoms with E-state index in [1.807, 2.05) is 6.08 Å². The number of aliphatic hydroxyl groups is 2. The van der Waals surface area contributed by atoms with Gasteiger partial charge >= 0.3 is 5.97 Å². The highest BCUT2D eigenvalue weighted by Gasteiger charge is 2.18. The lowest BCUT2D eigenvalue weighted by atomic mass is 10.0. The van der Waals surface area contributed by atoms with Crippen molar-refractivity contribution in [1.29, 1.82) is 0 Å². The zero-order chi connectivity index (χ0) is 49.3. The normalized spacial score (nSPS) is 12.8. The van der Waals surface area contributed by atoms with E-state index >= 15 is 0 Å². The molecule has 1 amide bonds. The number of hydrogen-bond donors (Lipinski definition) is 3. The van der Waals surface area contributed by atoms with Crippen molar-refractivity contribution in [1.82, 2.24) is 5.32 Å². The Balaban J connectivity index is 3.51. The molecule has 2 unspecified atom stereocenters. The highest BCUT2D eigenvalue weighted by molar-refractivity contribution is 5.76. The molecule has 0 saturated heterocycles. The van der Waals surface area contributed by atoms with Crippen molar-refractivity contribution in [3.63, 3.8) is 0 Å². The van der Waals surface area contributed by atoms with E-state index < -0.39 is 12.1 Å². The van der Waals surface area contributed by atoms with Crippen molar-refractivity contribution in [3.05, 3.63) is 36.5 Å². The number of rotatable bonds is 56. The monoisotopic (exact) mass is 956 g/mol. The number of carbonyl (C=O) groups is 2. The van der Waals surface area contributed by atoms with Crippen LogP contribution in [0.25, 0.3) is 0 Å². The molecule has 0 saturated carbocycles. The number of allylic oxidation sites excluding steroid dienone is 5. The van der Waals surface area contributed by atoms with Crippen LogP contribution in [0.4, 0.5) is 0 Å². The minimum Gasteiger partial charge on any atom is -0.466 e. The van der Waals surface area contributed by atoms with E-state index in [1.165, 1.54) is 225 Å². The molecule has 0 rings (SSSR count). The maximum atomic E-state index is 12.5. The summed E-state index contributed by atoms with van der Waals surface area (Å²) in [6, 6.07) is -0.647. The van der Waals surface area contributed by atoms with Gasteiger partial charge in [0, 0.05) is 12.8 Å². The van der Waals surface area contributed by atoms with Crippen molar-refractivity contribution in [3.8, 4) is 0 Å². The zero-order valence-corrected chi connectivity index (χ0v) is 45.6. The first kappa shape index (κ1) is 66.1. The molecule has 0 spiro atoms. The van der Waals surface area contributed by atoms with E-state index in [1.54, 1.807) is 6.08 Å². The second kappa shape index (κ2) is 57.7. The molecule has 0 aliphatic carbocycles. The molecule has 0 fully saturated rings. The maximum Gasteiger partial charge on any atom is 0.305 e. The van der Waals surface area contributed by atoms with E-state index in [4.69, 9.17) is 4.74 Å². The van der Waals surface area contributed by atoms with Crippen LogP contribution in [0.15, 0.2) is 36.5 Å². The fraction of sp³-hybridized carbons (Fsp3) is 0.871. The van der Waals surface area contributed by atoms with Crippen LogP contribution in [0.2, 0.25) is 0 Å². The van der Waals surface area contributed by atoms with Gasteiger partial charge in [-0.3, -0.25) is 9.59 Å². The topological polar surface area (TPSA) is 95.9 Å². The number of ether oxygens (including phenoxy) is 1. The fourth-order valence-corrected chi connectivity index (χ4v) is 9.25. The molecule has 68 heavy (non-hydrogen) atoms. The SMILES string of the molecule is CCCCCC/C=C\C/C=C\CCCCCCCC(=O)OCCCCCCCCCCCCC(=O)NC(CO)C(O)/C=C/CCCCCCCCCCCCCCCCCCCCCCCCC. The van der Waals surface area contributed by atoms with Crippen LogP contribution in [-0.4, -0.2) is 47.4 Å². The Morgan fingerprint density at radius 1 is 0.412 bits per heavy atom. The molecule has 2 atom stereocenters. The van der Waals surface area contributed by atoms with Gasteiger partial charge in [-0.05, 0) is 64.2 Å². The highest BCUT2D eigenvalue weighted by Crippen LogP contribution is 2.17. The summed E-state index contributed by atoms with van der Waals surface area (Å²) >= 11 is 0. The number of unbranched alkanes of at least 4 members (excludes halogenated alkanes) is 41. The van der Waals surface area contributed by atoms with Gasteiger partial charge in [0.15, 0.2) is 0 Å². The Hall–Kier alpha value is -1.92. The number of hydrogen-bond acceptors (Lipinski definition) is 5. The zero-order valence-electron chi connectivity index (χ0n) is 45.6. The van der Waals surface area contributed by atoms with Crippen LogP contribution < -0.4 is 5.32 Å². The molecule has 0 aliphatic heterocycles. The lowest BCUT2D eigenvalue weighted by molar-refractivity contribution is -0.143. The van der Waals surface area contributed by atoms with Crippen LogP contribution in [0.5, 0.6) is 0 Å². The van der Waals surface area contributed by atoms with Crippen molar-refractivity contribution in [2.75, 3.05) is 13.2 Å². The third kappa shape index (κ3) is 53.4. The lowest BCUT2D eigenvalue weighted by Crippen LogP contribution is -2.45. The van der Waals surface area contributed by atoms with Crippen LogP contribution in [0.1, 0.15) is 322 Å². The third-order valence-electron chi connectivity index (χ3n) is 13.9. The Morgan fingerprint density at radius 2 is 0.735 bits per heavy atom. The number of carbonyl (C=O) groups excluding carboxylic acids is 2. The third-order valence-corrected chi connectivity index (χ3v) is 13.9. The molecule has 400 valence electrons. The summed E-state index contributed by atoms with van der Waals surface area (Å²) in [7, 11) is 0. The summed E-state index contributed by atoms with van der Waals surface area (Å²) in [5.41, 5.74) is 0. The van der Waals surface area contributed by atoms with Crippen molar-refractivity contribution in [2.24, 2.45) is 0 Å². The van der Waals surface area contributed by atoms with Crippen LogP contribution in [0, 0.1) is 0 Å². The van der Waals surface area contributed by atoms with Gasteiger partial charge in [-0.25, -0.2) is 0 Å². The first-order valence-corrected chi connectivity index (χ1v) is 30.3. The summed E-state index contributed by atoms with van der Waals surface area (Å²) in [5, 5.41) is 23.2. The predicted octanol–water partition coefficient (Wildman–Crippen LogP) is 18.8. The Labute approximate surface area is 424 Å². The summed E-state index contributed by atoms with van der Waals surface area (Å²) in [4.78, 5) is 24.6. The Bertz CT molecular complexity index is 1100. The van der Waals surface area contributed by atoms with Crippen LogP contribution in [0.3, 0.4) is 0 Å². The van der Waals surface area contributed by atoms with Crippen molar-refractivity contribution in [2.45, 2.75) is 334 Å². The molecule has 0 bridgehead atoms. The van der Waals surface area contributed by atoms with Crippen molar-refractivity contribution < 1.29 is 24.5 Å². The summed E-state index contributed by atoms with van der Waals surface area (Å²) in [5.74, 6) is -0.123. The van der Waals surface area contributed by atoms with E-state index in [0.717, 1.165) is 70.6 Å². The molecule has 6 nitrogen and oxygen atoms in total. The molecular formula is C62H117NO5. The molecule has 0 radical (unpaired) electrons. The minimum absolute atomic E-state index is 0.0336. The van der Waals surface area contributed by atoms with Gasteiger partial charge in [-0.1, -0.05) is 281 Å². The summed E-state index contributed by atoms with van der Waals surface area (Å²) in [6.07, 6.45) is 71.7. The van der Waals surface area contributed by atoms with Crippen LogP contribution in [-0.2, 0) is 14.3 Å². The highest BCUT2D eigenvalue weighted by atomic mass is 16.5. The van der Waals surface area contributed by atoms with E-state index in [9.17, 15) is 19.8 Å². The molecule has 0 aliphatic rings. The maximum absolute atomic E-state index is 12.5. The first-order chi connectivity index (χ1) is 33.5. The molecule has 6 heteroatoms. The largest absolute Gasteiger partial charge is 0.466 e. The molecule has 0 aromatic rings. The summed E-state index contributed by atoms with van der Waals surface area (Å²) < 4.78 is 5.46. The van der Waals surface area contributed by atoms with E-state index in [0.29, 0.717) is 19.4 Å². The standard InChI is InChI=1S/C62H117NO5/c1-3-5-7-9-11-13-15-17-19-21-22-23-24-25-26-27-28-29-30-32-34-38-42-46-50-54-60(65)59(58-64)63-61(66)55-51-47-43-39-36-37-41-45-49-53-57-68-62(67)56-52-48-44-40-35-33-31-20-18-16-14-12-10-8-6-4-2/h14,16,20,31,50,54,59-60,64-65H,3-13,15,17-19,21-30,32-49,51-53,55-58H2,1-2H3,(H,63,66)/b16-14-,31-20-,54-50+. The first-order valence-electron chi connectivity index (χ1n) is 30.3. The Morgan fingerprint density at radius 3 is 1.13 bits per heavy atom. The molecule has 3 N–H and O–H groups in total. The molecule has 0 aromatic heterocycles. The fourth-order valence-electron chi connectivity index (χ4n) is 9.25. The quantitative estimate of drug-likeness (QED) is 0.0321. The second-order valence-corrected chi connectivity index (χ2v) is 20.7. The number of nitrogens with one attached hydrogen (secondary N) is 1. The molecule has 0 heterocycles. The van der Waals surface area contributed by atoms with Gasteiger partial charge in [-0.15, -0.1) is 0 Å². The van der Waals surface area contributed by atoms with E-state index in [2.05, 4.69) is 43.5 Å². The number of esters is 1. The minimum atomic E-state index is -0.862. The average molecular weight is 957 g/mol. The van der Waals surface area contributed by atoms with Gasteiger partial charge in [0.2, 0.25) is 5.91 Å². The predicted molar refractivity (Wildman–Crippen MR) is 296 cm³/mol. The van der Waals surface area contributed by atoms with E-state index in [-0.39, 0.29) is 18.5 Å². The smallest absolute Gasteiger partial charge is 0.305 e. The number of aliphatic hydroxyl groups excluding tert-OH is 2. The molecular weight excluding hydrogens is 839 g/mol. The summed E-state index contributed by atoms with van der Waals surface area (Å²) in [6.45, 7) is 4.84. The van der Waals surface area contributed by atoms with Crippen molar-refractivity contribution >= 4 is 11.9 Å². The lowest BCUT2D eigenvalue weighted by Gasteiger charge is -2.20. The van der Waals surface area contributed by atoms with Gasteiger partial charge < -0.3 is 20.3 Å². The van der Waals surface area contributed by atoms with Crippen LogP contribution >= 0.6 is 0 Å². The average Bonchev–Trinajstić information content (AvgIpc) is 3.34. The molecule has 0 aromatic carbocycles. The van der Waals surface area contributed by atoms with Gasteiger partial charge in [0.25, 0.3) is 0 Å². The van der Waals surface area contributed by atoms with Gasteiger partial charge in [0.1, 0.15) is 0 Å².